The fourth-order valence-electron chi connectivity index (χ4n) is 2.77. The molecule has 0 bridgehead atoms. The van der Waals surface area contributed by atoms with Crippen LogP contribution in [0.4, 0.5) is 0 Å². The maximum absolute atomic E-state index is 8.83. The van der Waals surface area contributed by atoms with E-state index in [-0.39, 0.29) is 6.10 Å². The second kappa shape index (κ2) is 6.86. The van der Waals surface area contributed by atoms with Gasteiger partial charge in [0.25, 0.3) is 0 Å². The highest BCUT2D eigenvalue weighted by molar-refractivity contribution is 7.12. The molecule has 108 valence electrons. The highest BCUT2D eigenvalue weighted by Gasteiger charge is 2.28. The van der Waals surface area contributed by atoms with Gasteiger partial charge in [-0.2, -0.15) is 5.26 Å². The average Bonchev–Trinajstić information content (AvgIpc) is 3.17. The van der Waals surface area contributed by atoms with Crippen LogP contribution in [-0.2, 0) is 11.3 Å². The fraction of sp³-hybridized carbons (Fsp3) is 0.353. The first-order valence-corrected chi connectivity index (χ1v) is 8.04. The number of hydrogen-bond acceptors (Lipinski definition) is 4. The van der Waals surface area contributed by atoms with Crippen LogP contribution >= 0.6 is 11.3 Å². The molecule has 2 aromatic rings. The van der Waals surface area contributed by atoms with E-state index in [0.717, 1.165) is 31.0 Å². The highest BCUT2D eigenvalue weighted by atomic mass is 32.1. The van der Waals surface area contributed by atoms with Gasteiger partial charge in [0, 0.05) is 30.5 Å². The van der Waals surface area contributed by atoms with E-state index in [1.807, 2.05) is 18.2 Å². The first-order valence-electron chi connectivity index (χ1n) is 7.23. The molecule has 1 aromatic carbocycles. The molecule has 21 heavy (non-hydrogen) atoms. The summed E-state index contributed by atoms with van der Waals surface area (Å²) in [6, 6.07) is 16.5. The monoisotopic (exact) mass is 298 g/mol. The van der Waals surface area contributed by atoms with Crippen molar-refractivity contribution in [3.05, 3.63) is 57.8 Å². The van der Waals surface area contributed by atoms with Crippen molar-refractivity contribution in [2.75, 3.05) is 13.2 Å². The number of rotatable bonds is 5. The van der Waals surface area contributed by atoms with E-state index in [1.165, 1.54) is 10.4 Å². The Balaban J connectivity index is 1.54. The van der Waals surface area contributed by atoms with Crippen molar-refractivity contribution in [1.29, 1.82) is 5.26 Å². The lowest BCUT2D eigenvalue weighted by atomic mass is 9.95. The van der Waals surface area contributed by atoms with E-state index >= 15 is 0 Å². The number of thiophene rings is 1. The van der Waals surface area contributed by atoms with Crippen molar-refractivity contribution >= 4 is 11.3 Å². The van der Waals surface area contributed by atoms with Crippen LogP contribution < -0.4 is 5.32 Å². The summed E-state index contributed by atoms with van der Waals surface area (Å²) in [5, 5.41) is 12.3. The third-order valence-electron chi connectivity index (χ3n) is 3.82. The summed E-state index contributed by atoms with van der Waals surface area (Å²) in [5.74, 6) is 0.516. The molecule has 0 aliphatic carbocycles. The van der Waals surface area contributed by atoms with Gasteiger partial charge in [0.1, 0.15) is 10.9 Å². The van der Waals surface area contributed by atoms with Gasteiger partial charge in [-0.3, -0.25) is 0 Å². The summed E-state index contributed by atoms with van der Waals surface area (Å²) < 4.78 is 5.90. The van der Waals surface area contributed by atoms with Gasteiger partial charge in [0.2, 0.25) is 0 Å². The first-order chi connectivity index (χ1) is 10.4. The van der Waals surface area contributed by atoms with Crippen LogP contribution in [0.25, 0.3) is 0 Å². The number of ether oxygens (including phenoxy) is 1. The number of benzene rings is 1. The molecule has 1 aliphatic rings. The summed E-state index contributed by atoms with van der Waals surface area (Å²) in [4.78, 5) is 1.99. The van der Waals surface area contributed by atoms with E-state index in [0.29, 0.717) is 5.92 Å². The van der Waals surface area contributed by atoms with E-state index < -0.39 is 0 Å². The predicted molar refractivity (Wildman–Crippen MR) is 84.0 cm³/mol. The molecule has 2 heterocycles. The van der Waals surface area contributed by atoms with Gasteiger partial charge in [-0.1, -0.05) is 30.3 Å². The van der Waals surface area contributed by atoms with Crippen LogP contribution in [-0.4, -0.2) is 13.2 Å². The minimum absolute atomic E-state index is 0.205. The molecule has 0 saturated carbocycles. The molecule has 1 aliphatic heterocycles. The second-order valence-electron chi connectivity index (χ2n) is 5.26. The molecule has 0 spiro atoms. The summed E-state index contributed by atoms with van der Waals surface area (Å²) >= 11 is 1.56. The Kier molecular flexibility index (Phi) is 4.66. The third-order valence-corrected chi connectivity index (χ3v) is 4.81. The Morgan fingerprint density at radius 1 is 1.24 bits per heavy atom. The largest absolute Gasteiger partial charge is 0.373 e. The van der Waals surface area contributed by atoms with E-state index in [1.54, 1.807) is 11.3 Å². The van der Waals surface area contributed by atoms with E-state index in [2.05, 4.69) is 35.7 Å². The normalized spacial score (nSPS) is 21.3. The number of nitrogens with one attached hydrogen (secondary N) is 1. The van der Waals surface area contributed by atoms with Gasteiger partial charge in [0.05, 0.1) is 6.10 Å². The lowest BCUT2D eigenvalue weighted by Gasteiger charge is -2.19. The second-order valence-corrected chi connectivity index (χ2v) is 6.43. The molecule has 0 unspecified atom stereocenters. The Bertz CT molecular complexity index is 617. The molecule has 1 fully saturated rings. The molecule has 4 heteroatoms. The summed E-state index contributed by atoms with van der Waals surface area (Å²) in [6.45, 7) is 2.60. The fourth-order valence-corrected chi connectivity index (χ4v) is 3.54. The molecule has 0 amide bonds. The minimum Gasteiger partial charge on any atom is -0.373 e. The summed E-state index contributed by atoms with van der Waals surface area (Å²) in [7, 11) is 0. The van der Waals surface area contributed by atoms with Crippen LogP contribution in [0.15, 0.2) is 42.5 Å². The lowest BCUT2D eigenvalue weighted by molar-refractivity contribution is 0.0904. The standard InChI is InChI=1S/C17H18N2OS/c18-10-15-6-7-16(21-15)12-19-11-14-8-9-20-17(14)13-4-2-1-3-5-13/h1-7,14,17,19H,8-9,11-12H2/t14-,17-/m1/s1. The molecule has 1 N–H and O–H groups in total. The van der Waals surface area contributed by atoms with Gasteiger partial charge in [0.15, 0.2) is 0 Å². The average molecular weight is 298 g/mol. The van der Waals surface area contributed by atoms with Crippen molar-refractivity contribution < 1.29 is 4.74 Å². The van der Waals surface area contributed by atoms with Gasteiger partial charge >= 0.3 is 0 Å². The van der Waals surface area contributed by atoms with E-state index in [4.69, 9.17) is 10.00 Å². The Morgan fingerprint density at radius 3 is 2.86 bits per heavy atom. The SMILES string of the molecule is N#Cc1ccc(CNC[C@H]2CCO[C@@H]2c2ccccc2)s1. The van der Waals surface area contributed by atoms with Crippen LogP contribution in [0, 0.1) is 17.2 Å². The third kappa shape index (κ3) is 3.51. The van der Waals surface area contributed by atoms with Crippen molar-refractivity contribution in [2.45, 2.75) is 19.1 Å². The van der Waals surface area contributed by atoms with E-state index in [9.17, 15) is 0 Å². The number of nitriles is 1. The quantitative estimate of drug-likeness (QED) is 0.919. The Hall–Kier alpha value is -1.67. The molecular formula is C17H18N2OS. The van der Waals surface area contributed by atoms with Crippen molar-refractivity contribution in [3.8, 4) is 6.07 Å². The number of hydrogen-bond donors (Lipinski definition) is 1. The molecule has 1 aromatic heterocycles. The summed E-state index contributed by atoms with van der Waals surface area (Å²) in [6.07, 6.45) is 1.30. The van der Waals surface area contributed by atoms with Crippen LogP contribution in [0.5, 0.6) is 0 Å². The Labute approximate surface area is 129 Å². The zero-order chi connectivity index (χ0) is 14.5. The highest BCUT2D eigenvalue weighted by Crippen LogP contribution is 2.33. The molecule has 2 atom stereocenters. The molecule has 0 radical (unpaired) electrons. The maximum Gasteiger partial charge on any atom is 0.110 e. The van der Waals surface area contributed by atoms with Gasteiger partial charge in [-0.05, 0) is 24.1 Å². The smallest absolute Gasteiger partial charge is 0.110 e. The van der Waals surface area contributed by atoms with Crippen LogP contribution in [0.2, 0.25) is 0 Å². The van der Waals surface area contributed by atoms with Crippen molar-refractivity contribution in [1.82, 2.24) is 5.32 Å². The minimum atomic E-state index is 0.205. The first kappa shape index (κ1) is 14.3. The van der Waals surface area contributed by atoms with Crippen molar-refractivity contribution in [3.63, 3.8) is 0 Å². The molecular weight excluding hydrogens is 280 g/mol. The Morgan fingerprint density at radius 2 is 2.10 bits per heavy atom. The van der Waals surface area contributed by atoms with Gasteiger partial charge in [-0.25, -0.2) is 0 Å². The number of nitrogens with zero attached hydrogens (tertiary/aromatic N) is 1. The predicted octanol–water partition coefficient (Wildman–Crippen LogP) is 3.49. The molecule has 1 saturated heterocycles. The van der Waals surface area contributed by atoms with Crippen molar-refractivity contribution in [2.24, 2.45) is 5.92 Å². The van der Waals surface area contributed by atoms with Crippen LogP contribution in [0.1, 0.15) is 27.8 Å². The zero-order valence-electron chi connectivity index (χ0n) is 11.8. The lowest BCUT2D eigenvalue weighted by Crippen LogP contribution is -2.24. The maximum atomic E-state index is 8.83. The van der Waals surface area contributed by atoms with Gasteiger partial charge in [-0.15, -0.1) is 11.3 Å². The molecule has 3 rings (SSSR count). The molecule has 3 nitrogen and oxygen atoms in total. The van der Waals surface area contributed by atoms with Gasteiger partial charge < -0.3 is 10.1 Å². The van der Waals surface area contributed by atoms with Crippen LogP contribution in [0.3, 0.4) is 0 Å². The summed E-state index contributed by atoms with van der Waals surface area (Å²) in [5.41, 5.74) is 1.27. The topological polar surface area (TPSA) is 45.0 Å². The zero-order valence-corrected chi connectivity index (χ0v) is 12.6.